The molecule has 0 aromatic heterocycles. The third kappa shape index (κ3) is 2.90. The van der Waals surface area contributed by atoms with Gasteiger partial charge in [0.2, 0.25) is 0 Å². The van der Waals surface area contributed by atoms with E-state index in [1.807, 2.05) is 6.92 Å². The average Bonchev–Trinajstić information content (AvgIpc) is 2.28. The van der Waals surface area contributed by atoms with Crippen molar-refractivity contribution in [1.29, 1.82) is 0 Å². The molecule has 1 aliphatic heterocycles. The summed E-state index contributed by atoms with van der Waals surface area (Å²) in [5, 5.41) is 0. The van der Waals surface area contributed by atoms with E-state index < -0.39 is 0 Å². The van der Waals surface area contributed by atoms with Gasteiger partial charge in [0.05, 0.1) is 5.69 Å². The van der Waals surface area contributed by atoms with E-state index in [2.05, 4.69) is 52.0 Å². The number of hydrogen-bond acceptors (Lipinski definition) is 2. The van der Waals surface area contributed by atoms with Crippen LogP contribution in [0.25, 0.3) is 0 Å². The molecule has 0 saturated carbocycles. The number of rotatable bonds is 2. The quantitative estimate of drug-likeness (QED) is 0.844. The molecule has 1 aliphatic rings. The van der Waals surface area contributed by atoms with Crippen molar-refractivity contribution in [1.82, 2.24) is 0 Å². The molecule has 0 saturated heterocycles. The van der Waals surface area contributed by atoms with Gasteiger partial charge in [0.25, 0.3) is 0 Å². The minimum Gasteiger partial charge on any atom is -0.366 e. The molecule has 92 valence electrons. The van der Waals surface area contributed by atoms with E-state index in [0.29, 0.717) is 0 Å². The highest BCUT2D eigenvalue weighted by atomic mass is 79.9. The third-order valence-corrected chi connectivity index (χ3v) is 3.81. The highest BCUT2D eigenvalue weighted by molar-refractivity contribution is 9.10. The maximum absolute atomic E-state index is 5.89. The van der Waals surface area contributed by atoms with Crippen LogP contribution in [0.3, 0.4) is 0 Å². The third-order valence-electron chi connectivity index (χ3n) is 3.17. The smallest absolute Gasteiger partial charge is 0.0513 e. The van der Waals surface area contributed by atoms with E-state index in [9.17, 15) is 0 Å². The lowest BCUT2D eigenvalue weighted by Crippen LogP contribution is -2.29. The normalized spacial score (nSPS) is 17.9. The summed E-state index contributed by atoms with van der Waals surface area (Å²) in [5.41, 5.74) is 9.77. The monoisotopic (exact) mass is 294 g/mol. The molecule has 1 aromatic rings. The summed E-state index contributed by atoms with van der Waals surface area (Å²) >= 11 is 3.65. The SMILES string of the molecule is CC1=CCCN(c2ccc(C(C)N)cc2Br)C1. The summed E-state index contributed by atoms with van der Waals surface area (Å²) in [5.74, 6) is 0. The number of nitrogens with zero attached hydrogens (tertiary/aromatic N) is 1. The summed E-state index contributed by atoms with van der Waals surface area (Å²) in [6.45, 7) is 6.31. The van der Waals surface area contributed by atoms with Crippen LogP contribution in [0, 0.1) is 0 Å². The van der Waals surface area contributed by atoms with E-state index in [0.717, 1.165) is 24.0 Å². The fourth-order valence-corrected chi connectivity index (χ4v) is 2.83. The van der Waals surface area contributed by atoms with Gasteiger partial charge in [-0.05, 0) is 53.9 Å². The van der Waals surface area contributed by atoms with Gasteiger partial charge in [-0.1, -0.05) is 17.7 Å². The van der Waals surface area contributed by atoms with E-state index in [-0.39, 0.29) is 6.04 Å². The van der Waals surface area contributed by atoms with Gasteiger partial charge in [-0.15, -0.1) is 0 Å². The minimum absolute atomic E-state index is 0.0864. The van der Waals surface area contributed by atoms with Crippen molar-refractivity contribution in [3.05, 3.63) is 39.9 Å². The molecule has 0 bridgehead atoms. The predicted octanol–water partition coefficient (Wildman–Crippen LogP) is 3.63. The lowest BCUT2D eigenvalue weighted by Gasteiger charge is -2.29. The van der Waals surface area contributed by atoms with Crippen molar-refractivity contribution in [3.8, 4) is 0 Å². The van der Waals surface area contributed by atoms with Crippen LogP contribution >= 0.6 is 15.9 Å². The Balaban J connectivity index is 2.25. The van der Waals surface area contributed by atoms with Crippen molar-refractivity contribution >= 4 is 21.6 Å². The minimum atomic E-state index is 0.0864. The summed E-state index contributed by atoms with van der Waals surface area (Å²) in [7, 11) is 0. The summed E-state index contributed by atoms with van der Waals surface area (Å²) in [4.78, 5) is 2.41. The Labute approximate surface area is 112 Å². The fourth-order valence-electron chi connectivity index (χ4n) is 2.18. The zero-order valence-corrected chi connectivity index (χ0v) is 12.0. The predicted molar refractivity (Wildman–Crippen MR) is 77.3 cm³/mol. The number of halogens is 1. The Morgan fingerprint density at radius 2 is 2.18 bits per heavy atom. The van der Waals surface area contributed by atoms with Gasteiger partial charge in [0.15, 0.2) is 0 Å². The summed E-state index contributed by atoms with van der Waals surface area (Å²) in [6.07, 6.45) is 3.45. The van der Waals surface area contributed by atoms with E-state index in [1.54, 1.807) is 0 Å². The second kappa shape index (κ2) is 5.23. The highest BCUT2D eigenvalue weighted by Gasteiger charge is 2.14. The molecule has 2 nitrogen and oxygen atoms in total. The van der Waals surface area contributed by atoms with Gasteiger partial charge in [-0.25, -0.2) is 0 Å². The van der Waals surface area contributed by atoms with Gasteiger partial charge in [-0.3, -0.25) is 0 Å². The molecule has 0 aliphatic carbocycles. The molecule has 17 heavy (non-hydrogen) atoms. The van der Waals surface area contributed by atoms with Gasteiger partial charge in [-0.2, -0.15) is 0 Å². The Morgan fingerprint density at radius 3 is 2.76 bits per heavy atom. The van der Waals surface area contributed by atoms with Gasteiger partial charge >= 0.3 is 0 Å². The van der Waals surface area contributed by atoms with Crippen molar-refractivity contribution < 1.29 is 0 Å². The lowest BCUT2D eigenvalue weighted by molar-refractivity contribution is 0.785. The zero-order valence-electron chi connectivity index (χ0n) is 10.4. The molecule has 1 aromatic carbocycles. The van der Waals surface area contributed by atoms with Gasteiger partial charge < -0.3 is 10.6 Å². The second-order valence-corrected chi connectivity index (χ2v) is 5.61. The first-order valence-electron chi connectivity index (χ1n) is 6.03. The van der Waals surface area contributed by atoms with Crippen molar-refractivity contribution in [2.24, 2.45) is 5.73 Å². The topological polar surface area (TPSA) is 29.3 Å². The molecule has 1 unspecified atom stereocenters. The molecule has 0 amide bonds. The second-order valence-electron chi connectivity index (χ2n) is 4.76. The molecule has 0 spiro atoms. The lowest BCUT2D eigenvalue weighted by atomic mass is 10.1. The molecular formula is C14H19BrN2. The van der Waals surface area contributed by atoms with Crippen LogP contribution in [0.2, 0.25) is 0 Å². The molecule has 3 heteroatoms. The maximum Gasteiger partial charge on any atom is 0.0513 e. The molecule has 0 fully saturated rings. The molecule has 2 N–H and O–H groups in total. The largest absolute Gasteiger partial charge is 0.366 e. The van der Waals surface area contributed by atoms with Crippen LogP contribution in [-0.4, -0.2) is 13.1 Å². The van der Waals surface area contributed by atoms with E-state index in [1.165, 1.54) is 16.8 Å². The maximum atomic E-state index is 5.89. The van der Waals surface area contributed by atoms with Crippen LogP contribution in [0.1, 0.15) is 31.9 Å². The van der Waals surface area contributed by atoms with Crippen molar-refractivity contribution in [2.75, 3.05) is 18.0 Å². The molecular weight excluding hydrogens is 276 g/mol. The van der Waals surface area contributed by atoms with Crippen LogP contribution in [0.15, 0.2) is 34.3 Å². The molecule has 1 atom stereocenters. The number of hydrogen-bond donors (Lipinski definition) is 1. The number of benzene rings is 1. The first-order valence-corrected chi connectivity index (χ1v) is 6.83. The standard InChI is InChI=1S/C14H19BrN2/c1-10-4-3-7-17(9-10)14-6-5-12(11(2)16)8-13(14)15/h4-6,8,11H,3,7,9,16H2,1-2H3. The number of nitrogens with two attached hydrogens (primary N) is 1. The molecule has 1 heterocycles. The number of anilines is 1. The molecule has 2 rings (SSSR count). The van der Waals surface area contributed by atoms with Crippen LogP contribution < -0.4 is 10.6 Å². The average molecular weight is 295 g/mol. The molecule has 0 radical (unpaired) electrons. The van der Waals surface area contributed by atoms with Crippen LogP contribution in [0.5, 0.6) is 0 Å². The van der Waals surface area contributed by atoms with E-state index in [4.69, 9.17) is 5.73 Å². The fraction of sp³-hybridized carbons (Fsp3) is 0.429. The Bertz CT molecular complexity index is 438. The Hall–Kier alpha value is -0.800. The Kier molecular flexibility index (Phi) is 3.89. The first kappa shape index (κ1) is 12.7. The first-order chi connectivity index (χ1) is 8.08. The van der Waals surface area contributed by atoms with E-state index >= 15 is 0 Å². The van der Waals surface area contributed by atoms with Crippen LogP contribution in [0.4, 0.5) is 5.69 Å². The van der Waals surface area contributed by atoms with Crippen LogP contribution in [-0.2, 0) is 0 Å². The summed E-state index contributed by atoms with van der Waals surface area (Å²) in [6, 6.07) is 6.51. The van der Waals surface area contributed by atoms with Crippen molar-refractivity contribution in [3.63, 3.8) is 0 Å². The van der Waals surface area contributed by atoms with Gasteiger partial charge in [0, 0.05) is 23.6 Å². The zero-order chi connectivity index (χ0) is 12.4. The Morgan fingerprint density at radius 1 is 1.41 bits per heavy atom. The van der Waals surface area contributed by atoms with Gasteiger partial charge in [0.1, 0.15) is 0 Å². The van der Waals surface area contributed by atoms with Crippen molar-refractivity contribution in [2.45, 2.75) is 26.3 Å². The highest BCUT2D eigenvalue weighted by Crippen LogP contribution is 2.30. The summed E-state index contributed by atoms with van der Waals surface area (Å²) < 4.78 is 1.14.